The lowest BCUT2D eigenvalue weighted by Gasteiger charge is -2.42. The van der Waals surface area contributed by atoms with Crippen molar-refractivity contribution < 1.29 is 174 Å². The zero-order valence-electron chi connectivity index (χ0n) is 71.8. The second-order valence-corrected chi connectivity index (χ2v) is 36.0. The Hall–Kier alpha value is -6.95. The molecule has 23 atom stereocenters. The highest BCUT2D eigenvalue weighted by molar-refractivity contribution is 7.63. The first-order valence-electron chi connectivity index (χ1n) is 41.9. The number of Topliss-reactive ketones (excluding diaryl/α,β-unsaturated/α-hetero) is 5. The fourth-order valence-corrected chi connectivity index (χ4v) is 16.6. The Morgan fingerprint density at radius 3 is 1.47 bits per heavy atom. The van der Waals surface area contributed by atoms with Crippen LogP contribution in [0.4, 0.5) is 5.82 Å². The van der Waals surface area contributed by atoms with Crippen molar-refractivity contribution in [1.29, 1.82) is 0 Å². The molecular formula is C77H126N12O36P2. The van der Waals surface area contributed by atoms with E-state index in [0.717, 1.165) is 20.5 Å². The van der Waals surface area contributed by atoms with Crippen molar-refractivity contribution >= 4 is 103 Å². The number of nitrogen functional groups attached to an aromatic ring is 1. The van der Waals surface area contributed by atoms with E-state index in [-0.39, 0.29) is 197 Å². The molecule has 7 rings (SSSR count). The maximum Gasteiger partial charge on any atom is 0.325 e. The molecule has 0 aliphatic carbocycles. The van der Waals surface area contributed by atoms with Gasteiger partial charge in [0.2, 0.25) is 35.4 Å². The minimum absolute atomic E-state index is 0.0555. The number of aromatic nitrogens is 4. The highest BCUT2D eigenvalue weighted by atomic mass is 31.2. The smallest absolute Gasteiger partial charge is 0.325 e. The fraction of sp³-hybridized carbons (Fsp3) is 0.779. The number of ether oxygens (including phenoxy) is 11. The van der Waals surface area contributed by atoms with Gasteiger partial charge in [-0.15, -0.1) is 0 Å². The number of aliphatic hydroxyl groups excluding tert-OH is 9. The molecule has 2 aromatic rings. The summed E-state index contributed by atoms with van der Waals surface area (Å²) in [5.74, 6) is -5.17. The van der Waals surface area contributed by atoms with Crippen LogP contribution in [0.15, 0.2) is 12.7 Å². The number of nitrogens with one attached hydrogen (secondary N) is 6. The number of nitrogens with zero attached hydrogens (tertiary/aromatic N) is 5. The van der Waals surface area contributed by atoms with Gasteiger partial charge < -0.3 is 154 Å². The van der Waals surface area contributed by atoms with Gasteiger partial charge in [-0.1, -0.05) is 6.30 Å². The number of nitrogens with two attached hydrogens (primary N) is 1. The molecule has 50 heteroatoms. The van der Waals surface area contributed by atoms with Gasteiger partial charge in [0, 0.05) is 143 Å². The normalized spacial score (nSPS) is 28.1. The molecule has 7 heterocycles. The molecule has 5 aliphatic heterocycles. The Kier molecular flexibility index (Phi) is 44.6. The van der Waals surface area contributed by atoms with Gasteiger partial charge in [0.1, 0.15) is 133 Å². The van der Waals surface area contributed by atoms with Gasteiger partial charge in [-0.3, -0.25) is 67.2 Å². The molecule has 720 valence electrons. The van der Waals surface area contributed by atoms with E-state index in [1.165, 1.54) is 26.7 Å². The third-order valence-electron chi connectivity index (χ3n) is 21.5. The third-order valence-corrected chi connectivity index (χ3v) is 23.8. The van der Waals surface area contributed by atoms with E-state index in [9.17, 15) is 113 Å². The van der Waals surface area contributed by atoms with Crippen LogP contribution in [0, 0.1) is 0 Å². The predicted molar refractivity (Wildman–Crippen MR) is 440 cm³/mol. The van der Waals surface area contributed by atoms with Crippen molar-refractivity contribution in [1.82, 2.24) is 56.3 Å². The molecule has 48 nitrogen and oxygen atoms in total. The van der Waals surface area contributed by atoms with Crippen LogP contribution in [-0.4, -0.2) is 405 Å². The van der Waals surface area contributed by atoms with Gasteiger partial charge >= 0.3 is 7.60 Å². The summed E-state index contributed by atoms with van der Waals surface area (Å²) < 4.78 is 89.3. The first-order chi connectivity index (χ1) is 60.3. The summed E-state index contributed by atoms with van der Waals surface area (Å²) in [5, 5.41) is 108. The minimum atomic E-state index is -4.03. The van der Waals surface area contributed by atoms with Crippen molar-refractivity contribution in [3.05, 3.63) is 12.7 Å². The van der Waals surface area contributed by atoms with Crippen molar-refractivity contribution in [3.63, 3.8) is 0 Å². The van der Waals surface area contributed by atoms with Crippen LogP contribution in [-0.2, 0) is 118 Å². The number of methoxy groups -OCH3 is 1. The maximum absolute atomic E-state index is 14.4. The average molecular weight is 1860 g/mol. The van der Waals surface area contributed by atoms with Crippen LogP contribution in [0.5, 0.6) is 0 Å². The summed E-state index contributed by atoms with van der Waals surface area (Å²) in [6.07, 6.45) is -15.8. The van der Waals surface area contributed by atoms with E-state index in [4.69, 9.17) is 66.9 Å². The summed E-state index contributed by atoms with van der Waals surface area (Å²) in [6.45, 7) is -1.50. The van der Waals surface area contributed by atoms with E-state index < -0.39 is 230 Å². The lowest BCUT2D eigenvalue weighted by molar-refractivity contribution is -0.270. The number of hydrogen-bond donors (Lipinski definition) is 18. The molecule has 0 aromatic carbocycles. The van der Waals surface area contributed by atoms with E-state index >= 15 is 0 Å². The molecule has 5 aliphatic rings. The maximum atomic E-state index is 14.4. The first-order valence-corrected chi connectivity index (χ1v) is 46.0. The van der Waals surface area contributed by atoms with Crippen LogP contribution in [0.3, 0.4) is 0 Å². The monoisotopic (exact) mass is 1860 g/mol. The zero-order valence-corrected chi connectivity index (χ0v) is 73.6. The summed E-state index contributed by atoms with van der Waals surface area (Å²) in [4.78, 5) is 179. The van der Waals surface area contributed by atoms with E-state index in [0.29, 0.717) is 17.6 Å². The van der Waals surface area contributed by atoms with Gasteiger partial charge in [-0.2, -0.15) is 0 Å². The van der Waals surface area contributed by atoms with Gasteiger partial charge in [-0.05, 0) is 19.3 Å². The van der Waals surface area contributed by atoms with Gasteiger partial charge in [0.05, 0.1) is 123 Å². The second-order valence-electron chi connectivity index (χ2n) is 31.8. The van der Waals surface area contributed by atoms with Crippen molar-refractivity contribution in [3.8, 4) is 0 Å². The highest BCUT2D eigenvalue weighted by Crippen LogP contribution is 2.50. The number of likely N-dealkylation sites (tertiary alicyclic amines) is 1. The number of rotatable bonds is 59. The molecule has 127 heavy (non-hydrogen) atoms. The Bertz CT molecular complexity index is 3780. The predicted octanol–water partition coefficient (Wildman–Crippen LogP) is -6.40. The average Bonchev–Trinajstić information content (AvgIpc) is 1.66. The van der Waals surface area contributed by atoms with Crippen molar-refractivity contribution in [2.45, 2.75) is 252 Å². The zero-order chi connectivity index (χ0) is 93.3. The molecular weight excluding hydrogens is 1730 g/mol. The minimum Gasteiger partial charge on any atom is -0.394 e. The van der Waals surface area contributed by atoms with Gasteiger partial charge in [0.25, 0.3) is 0 Å². The van der Waals surface area contributed by atoms with Crippen LogP contribution < -0.4 is 37.6 Å². The Morgan fingerprint density at radius 1 is 0.567 bits per heavy atom. The summed E-state index contributed by atoms with van der Waals surface area (Å²) in [6, 6.07) is -4.30. The molecule has 5 fully saturated rings. The quantitative estimate of drug-likeness (QED) is 0.0216. The number of ketones is 5. The largest absolute Gasteiger partial charge is 0.394 e. The second kappa shape index (κ2) is 52.9. The first kappa shape index (κ1) is 107. The lowest BCUT2D eigenvalue weighted by atomic mass is 9.97. The number of carbonyl (C=O) groups excluding carboxylic acids is 11. The van der Waals surface area contributed by atoms with E-state index in [2.05, 4.69) is 53.2 Å². The molecule has 19 N–H and O–H groups in total. The Balaban J connectivity index is 0.996. The topological polar surface area (TPSA) is 692 Å². The molecule has 0 spiro atoms. The highest BCUT2D eigenvalue weighted by Gasteiger charge is 2.50. The molecule has 0 radical (unpaired) electrons. The lowest BCUT2D eigenvalue weighted by Crippen LogP contribution is -2.64. The number of imidazole rings is 1. The summed E-state index contributed by atoms with van der Waals surface area (Å²) in [7, 11) is -6.16. The van der Waals surface area contributed by atoms with E-state index in [1.54, 1.807) is 9.47 Å². The number of aliphatic hydroxyl groups is 9. The Labute approximate surface area is 732 Å². The molecule has 2 aromatic heterocycles. The molecule has 5 saturated heterocycles. The summed E-state index contributed by atoms with van der Waals surface area (Å²) in [5.41, 5.74) is 5.09. The van der Waals surface area contributed by atoms with Gasteiger partial charge in [0.15, 0.2) is 30.3 Å². The summed E-state index contributed by atoms with van der Waals surface area (Å²) >= 11 is 0. The third kappa shape index (κ3) is 34.9. The Morgan fingerprint density at radius 2 is 1.02 bits per heavy atom. The van der Waals surface area contributed by atoms with E-state index in [1.807, 2.05) is 0 Å². The van der Waals surface area contributed by atoms with Crippen LogP contribution in [0.25, 0.3) is 11.2 Å². The van der Waals surface area contributed by atoms with Crippen molar-refractivity contribution in [2.24, 2.45) is 0 Å². The van der Waals surface area contributed by atoms with Crippen LogP contribution in [0.1, 0.15) is 130 Å². The number of carbonyl (C=O) groups is 11. The van der Waals surface area contributed by atoms with Gasteiger partial charge in [-0.25, -0.2) is 15.0 Å². The fourth-order valence-electron chi connectivity index (χ4n) is 14.6. The number of amides is 6. The van der Waals surface area contributed by atoms with Crippen LogP contribution in [0.2, 0.25) is 0 Å². The number of fused-ring (bicyclic) bond motifs is 1. The molecule has 6 amide bonds. The molecule has 0 bridgehead atoms. The molecule has 0 saturated carbocycles. The SMILES string of the molecule is C=P(O)(CC[C@@H]1C[C@@H](OC)CN1C(=O)CCC(=O)CNC(COCCC(=O)CCCC(=O)CCO[C@@H]1OC(CO)[C@H](O)[C@H](O)C1NC(C)=O)(COCCC(=O)CCNC(=O)CCO[C@@H]1OC(CO)[C@H](O)[C@H](O)C1NC(C)=O)COCCC(=O)NCCC(=O)CCO[C@@H]1OC(CO)[C@H](O)[C@H](O)C1NC(C)=O)O[C@H]1C[C@H](n2cnc3c(N)ncnc32)O[C@@H]1COP(C)(=O)O. The van der Waals surface area contributed by atoms with Crippen LogP contribution >= 0.6 is 14.9 Å². The standard InChI is InChI=1S/C77H126N12O36P2/c1-43(93)85-62-69(107)66(104)54(34-90)122-74(62)117-26-16-48(97)9-7-8-47(96)14-23-114-38-77(39-115-24-15-49(98)12-21-80-59(102)19-28-119-76-64(87-45(3)95)71(109)68(106)56(36-92)124-76,40-116-25-18-58(101)79-22-13-50(99)17-27-118-75-63(86-44(2)94)70(108)67(105)55(35-91)123-75)84-32-51(100)10-11-60(103)88-33-52(113-4)30-46(88)20-29-126(5,110)125-53-31-61(121-57(53)37-120-127(6,111)112)89-42-83-65-72(78)81-41-82-73(65)89/h41-42,46,52-57,61-64,66-71,74-76,84,90-92,104-110H,5,7-40H2,1-4,6H3,(H,79,101)(H,80,102)(H,85,93)(H,86,94)(H,87,95)(H,111,112)(H2,78,81,82)/t46-,52-,53+,54?,55?,56?,57-,61-,62?,63?,64?,66+,67+,68+,69-,70-,71-,74-,75-,76-,77?,126?/m1/s1. The number of hydrogen-bond acceptors (Lipinski definition) is 40. The number of anilines is 1. The molecule has 9 unspecified atom stereocenters. The van der Waals surface area contributed by atoms with Crippen molar-refractivity contribution in [2.75, 3.05) is 138 Å².